The molecule has 4 nitrogen and oxygen atoms in total. The monoisotopic (exact) mass is 396 g/mol. The van der Waals surface area contributed by atoms with Crippen molar-refractivity contribution in [2.24, 2.45) is 5.41 Å². The molecule has 1 aliphatic rings. The molecule has 2 rings (SSSR count). The number of hydrogen-bond donors (Lipinski definition) is 1. The number of nitrogens with zero attached hydrogens (tertiary/aromatic N) is 1. The number of nitriles is 1. The molecule has 1 amide bonds. The Balaban J connectivity index is 1.56. The van der Waals surface area contributed by atoms with Crippen molar-refractivity contribution < 1.29 is 9.59 Å². The number of carbonyl (C=O) groups is 2. The van der Waals surface area contributed by atoms with Crippen molar-refractivity contribution in [1.29, 1.82) is 5.26 Å². The van der Waals surface area contributed by atoms with Gasteiger partial charge in [-0.3, -0.25) is 9.59 Å². The number of benzene rings is 1. The molecule has 1 saturated carbocycles. The highest BCUT2D eigenvalue weighted by molar-refractivity contribution is 5.99. The third-order valence-electron chi connectivity index (χ3n) is 5.94. The maximum atomic E-state index is 12.2. The van der Waals surface area contributed by atoms with Crippen molar-refractivity contribution >= 4 is 11.7 Å². The summed E-state index contributed by atoms with van der Waals surface area (Å²) in [6, 6.07) is 9.72. The van der Waals surface area contributed by atoms with Crippen LogP contribution < -0.4 is 5.32 Å². The SMILES string of the molecule is CCCCCCCCCCCCc1ccc(C(=O)NCC(=O)C2(C#N)CC2)cc1. The lowest BCUT2D eigenvalue weighted by Crippen LogP contribution is -2.33. The van der Waals surface area contributed by atoms with Crippen molar-refractivity contribution in [3.8, 4) is 6.07 Å². The minimum atomic E-state index is -0.827. The number of ketones is 1. The summed E-state index contributed by atoms with van der Waals surface area (Å²) in [6.45, 7) is 2.19. The van der Waals surface area contributed by atoms with Gasteiger partial charge in [-0.05, 0) is 43.4 Å². The zero-order valence-electron chi connectivity index (χ0n) is 18.0. The minimum Gasteiger partial charge on any atom is -0.345 e. The molecule has 1 fully saturated rings. The summed E-state index contributed by atoms with van der Waals surface area (Å²) in [7, 11) is 0. The lowest BCUT2D eigenvalue weighted by atomic mass is 10.0. The summed E-state index contributed by atoms with van der Waals surface area (Å²) >= 11 is 0. The molecule has 0 aromatic heterocycles. The summed E-state index contributed by atoms with van der Waals surface area (Å²) in [4.78, 5) is 24.2. The molecule has 0 saturated heterocycles. The lowest BCUT2D eigenvalue weighted by molar-refractivity contribution is -0.121. The second-order valence-corrected chi connectivity index (χ2v) is 8.43. The van der Waals surface area contributed by atoms with Crippen LogP contribution in [0.25, 0.3) is 0 Å². The van der Waals surface area contributed by atoms with Gasteiger partial charge in [0, 0.05) is 5.56 Å². The molecule has 0 heterocycles. The van der Waals surface area contributed by atoms with Gasteiger partial charge in [0.1, 0.15) is 5.41 Å². The highest BCUT2D eigenvalue weighted by Crippen LogP contribution is 2.45. The van der Waals surface area contributed by atoms with Crippen LogP contribution in [0.15, 0.2) is 24.3 Å². The first-order valence-electron chi connectivity index (χ1n) is 11.4. The van der Waals surface area contributed by atoms with Crippen LogP contribution in [0.2, 0.25) is 0 Å². The van der Waals surface area contributed by atoms with Crippen LogP contribution in [0.1, 0.15) is 99.9 Å². The molecule has 1 aromatic rings. The molecule has 0 spiro atoms. The Hall–Kier alpha value is -2.15. The van der Waals surface area contributed by atoms with E-state index in [1.54, 1.807) is 0 Å². The Bertz CT molecular complexity index is 684. The highest BCUT2D eigenvalue weighted by atomic mass is 16.2. The second-order valence-electron chi connectivity index (χ2n) is 8.43. The first-order valence-corrected chi connectivity index (χ1v) is 11.4. The Labute approximate surface area is 176 Å². The Kier molecular flexibility index (Phi) is 9.91. The van der Waals surface area contributed by atoms with Crippen LogP contribution in [0.4, 0.5) is 0 Å². The quantitative estimate of drug-likeness (QED) is 0.384. The molecule has 4 heteroatoms. The summed E-state index contributed by atoms with van der Waals surface area (Å²) in [6.07, 6.45) is 15.6. The van der Waals surface area contributed by atoms with Crippen molar-refractivity contribution in [3.63, 3.8) is 0 Å². The topological polar surface area (TPSA) is 70.0 Å². The zero-order valence-corrected chi connectivity index (χ0v) is 18.0. The Morgan fingerprint density at radius 1 is 0.931 bits per heavy atom. The van der Waals surface area contributed by atoms with Gasteiger partial charge in [0.2, 0.25) is 0 Å². The predicted octanol–water partition coefficient (Wildman–Crippen LogP) is 5.75. The van der Waals surface area contributed by atoms with Gasteiger partial charge in [-0.15, -0.1) is 0 Å². The fourth-order valence-corrected chi connectivity index (χ4v) is 3.65. The van der Waals surface area contributed by atoms with Crippen molar-refractivity contribution in [3.05, 3.63) is 35.4 Å². The molecule has 0 unspecified atom stereocenters. The number of unbranched alkanes of at least 4 members (excludes halogenated alkanes) is 9. The van der Waals surface area contributed by atoms with E-state index in [1.165, 1.54) is 69.8 Å². The number of amides is 1. The van der Waals surface area contributed by atoms with E-state index in [4.69, 9.17) is 5.26 Å². The molecule has 0 radical (unpaired) electrons. The van der Waals surface area contributed by atoms with E-state index in [0.29, 0.717) is 18.4 Å². The van der Waals surface area contributed by atoms with Crippen LogP contribution in [0.3, 0.4) is 0 Å². The van der Waals surface area contributed by atoms with Gasteiger partial charge in [0.15, 0.2) is 5.78 Å². The second kappa shape index (κ2) is 12.4. The first-order chi connectivity index (χ1) is 14.1. The molecule has 29 heavy (non-hydrogen) atoms. The van der Waals surface area contributed by atoms with Gasteiger partial charge in [0.05, 0.1) is 12.6 Å². The van der Waals surface area contributed by atoms with E-state index >= 15 is 0 Å². The first kappa shape index (κ1) is 23.1. The van der Waals surface area contributed by atoms with E-state index < -0.39 is 5.41 Å². The summed E-state index contributed by atoms with van der Waals surface area (Å²) in [5.41, 5.74) is 0.983. The Morgan fingerprint density at radius 2 is 1.48 bits per heavy atom. The van der Waals surface area contributed by atoms with Gasteiger partial charge < -0.3 is 5.32 Å². The van der Waals surface area contributed by atoms with Gasteiger partial charge in [0.25, 0.3) is 5.91 Å². The summed E-state index contributed by atoms with van der Waals surface area (Å²) in [5, 5.41) is 11.7. The van der Waals surface area contributed by atoms with E-state index in [1.807, 2.05) is 24.3 Å². The smallest absolute Gasteiger partial charge is 0.251 e. The van der Waals surface area contributed by atoms with Crippen LogP contribution in [0, 0.1) is 16.7 Å². The van der Waals surface area contributed by atoms with Gasteiger partial charge in [-0.2, -0.15) is 5.26 Å². The fraction of sp³-hybridized carbons (Fsp3) is 0.640. The van der Waals surface area contributed by atoms with Gasteiger partial charge >= 0.3 is 0 Å². The number of Topliss-reactive ketones (excluding diaryl/α,β-unsaturated/α-hetero) is 1. The van der Waals surface area contributed by atoms with Crippen LogP contribution in [0.5, 0.6) is 0 Å². The third-order valence-corrected chi connectivity index (χ3v) is 5.94. The lowest BCUT2D eigenvalue weighted by Gasteiger charge is -2.08. The number of aryl methyl sites for hydroxylation is 1. The van der Waals surface area contributed by atoms with Crippen molar-refractivity contribution in [2.75, 3.05) is 6.54 Å². The van der Waals surface area contributed by atoms with Crippen LogP contribution in [-0.4, -0.2) is 18.2 Å². The Morgan fingerprint density at radius 3 is 2.00 bits per heavy atom. The maximum Gasteiger partial charge on any atom is 0.251 e. The largest absolute Gasteiger partial charge is 0.345 e. The van der Waals surface area contributed by atoms with Crippen molar-refractivity contribution in [2.45, 2.75) is 90.4 Å². The van der Waals surface area contributed by atoms with Crippen molar-refractivity contribution in [1.82, 2.24) is 5.32 Å². The molecule has 0 aliphatic heterocycles. The third kappa shape index (κ3) is 8.01. The van der Waals surface area contributed by atoms with Crippen LogP contribution in [-0.2, 0) is 11.2 Å². The molecule has 158 valence electrons. The van der Waals surface area contributed by atoms with Crippen LogP contribution >= 0.6 is 0 Å². The predicted molar refractivity (Wildman–Crippen MR) is 117 cm³/mol. The molecule has 0 bridgehead atoms. The fourth-order valence-electron chi connectivity index (χ4n) is 3.65. The number of nitrogens with one attached hydrogen (secondary N) is 1. The van der Waals surface area contributed by atoms with Gasteiger partial charge in [-0.25, -0.2) is 0 Å². The average molecular weight is 397 g/mol. The van der Waals surface area contributed by atoms with E-state index in [-0.39, 0.29) is 18.2 Å². The van der Waals surface area contributed by atoms with E-state index in [2.05, 4.69) is 18.3 Å². The standard InChI is InChI=1S/C25H36N2O2/c1-2-3-4-5-6-7-8-9-10-11-12-21-13-15-22(16-14-21)24(29)27-19-23(28)25(20-26)17-18-25/h13-16H,2-12,17-19H2,1H3,(H,27,29). The molecule has 1 aliphatic carbocycles. The summed E-state index contributed by atoms with van der Waals surface area (Å²) < 4.78 is 0. The summed E-state index contributed by atoms with van der Waals surface area (Å²) in [5.74, 6) is -0.427. The number of rotatable bonds is 15. The molecule has 1 aromatic carbocycles. The minimum absolute atomic E-state index is 0.0627. The average Bonchev–Trinajstić information content (AvgIpc) is 3.55. The molecule has 0 atom stereocenters. The number of hydrogen-bond acceptors (Lipinski definition) is 3. The molecular weight excluding hydrogens is 360 g/mol. The van der Waals surface area contributed by atoms with E-state index in [0.717, 1.165) is 6.42 Å². The molecule has 1 N–H and O–H groups in total. The highest BCUT2D eigenvalue weighted by Gasteiger charge is 2.49. The normalized spacial score (nSPS) is 14.2. The maximum absolute atomic E-state index is 12.2. The van der Waals surface area contributed by atoms with Gasteiger partial charge in [-0.1, -0.05) is 76.8 Å². The molecular formula is C25H36N2O2. The van der Waals surface area contributed by atoms with E-state index in [9.17, 15) is 9.59 Å². The number of carbonyl (C=O) groups excluding carboxylic acids is 2. The zero-order chi connectivity index (χ0) is 21.0.